The van der Waals surface area contributed by atoms with Crippen LogP contribution < -0.4 is 14.4 Å². The van der Waals surface area contributed by atoms with Gasteiger partial charge in [0.1, 0.15) is 11.8 Å². The second kappa shape index (κ2) is 13.8. The van der Waals surface area contributed by atoms with Crippen LogP contribution in [0.4, 0.5) is 5.69 Å². The van der Waals surface area contributed by atoms with Crippen LogP contribution in [0.25, 0.3) is 0 Å². The van der Waals surface area contributed by atoms with Gasteiger partial charge in [0.2, 0.25) is 21.8 Å². The molecule has 1 aliphatic rings. The highest BCUT2D eigenvalue weighted by Crippen LogP contribution is 2.23. The van der Waals surface area contributed by atoms with E-state index < -0.39 is 16.1 Å². The van der Waals surface area contributed by atoms with E-state index in [1.54, 1.807) is 43.2 Å². The Hall–Kier alpha value is -2.78. The van der Waals surface area contributed by atoms with Crippen LogP contribution in [-0.2, 0) is 26.2 Å². The van der Waals surface area contributed by atoms with Crippen molar-refractivity contribution in [2.24, 2.45) is 0 Å². The summed E-state index contributed by atoms with van der Waals surface area (Å²) in [7, 11) is -1.99. The van der Waals surface area contributed by atoms with E-state index in [1.165, 1.54) is 10.7 Å². The van der Waals surface area contributed by atoms with Crippen molar-refractivity contribution in [3.8, 4) is 5.75 Å². The minimum Gasteiger partial charge on any atom is -0.497 e. The first-order valence-corrected chi connectivity index (χ1v) is 15.3. The second-order valence-electron chi connectivity index (χ2n) is 9.81. The highest BCUT2D eigenvalue weighted by Gasteiger charge is 2.28. The summed E-state index contributed by atoms with van der Waals surface area (Å²) in [5, 5.41) is 3.55. The summed E-state index contributed by atoms with van der Waals surface area (Å²) < 4.78 is 31.4. The first kappa shape index (κ1) is 29.8. The van der Waals surface area contributed by atoms with E-state index in [0.29, 0.717) is 16.5 Å². The van der Waals surface area contributed by atoms with Gasteiger partial charge in [-0.1, -0.05) is 49.1 Å². The number of sulfonamides is 1. The number of halogens is 1. The number of carbonyl (C=O) groups is 2. The average molecular weight is 564 g/mol. The van der Waals surface area contributed by atoms with Crippen molar-refractivity contribution >= 4 is 39.1 Å². The van der Waals surface area contributed by atoms with Crippen molar-refractivity contribution < 1.29 is 22.7 Å². The molecule has 0 radical (unpaired) electrons. The smallest absolute Gasteiger partial charge is 0.242 e. The number of amides is 2. The van der Waals surface area contributed by atoms with Gasteiger partial charge in [0.25, 0.3) is 0 Å². The largest absolute Gasteiger partial charge is 0.497 e. The molecule has 0 bridgehead atoms. The van der Waals surface area contributed by atoms with Crippen molar-refractivity contribution in [2.45, 2.75) is 70.5 Å². The second-order valence-corrected chi connectivity index (χ2v) is 12.2. The molecule has 208 valence electrons. The summed E-state index contributed by atoms with van der Waals surface area (Å²) >= 11 is 6.07. The van der Waals surface area contributed by atoms with Crippen LogP contribution in [0.1, 0.15) is 57.4 Å². The number of ether oxygens (including phenoxy) is 1. The van der Waals surface area contributed by atoms with Crippen molar-refractivity contribution in [3.05, 3.63) is 59.1 Å². The molecular formula is C28H38ClN3O5S. The van der Waals surface area contributed by atoms with Crippen LogP contribution in [0.2, 0.25) is 5.02 Å². The zero-order valence-electron chi connectivity index (χ0n) is 22.4. The van der Waals surface area contributed by atoms with E-state index in [1.807, 2.05) is 24.3 Å². The molecule has 8 nitrogen and oxygen atoms in total. The third-order valence-electron chi connectivity index (χ3n) is 6.88. The molecule has 1 N–H and O–H groups in total. The number of anilines is 1. The van der Waals surface area contributed by atoms with Crippen molar-refractivity contribution in [3.63, 3.8) is 0 Å². The Morgan fingerprint density at radius 3 is 2.39 bits per heavy atom. The molecular weight excluding hydrogens is 526 g/mol. The van der Waals surface area contributed by atoms with Gasteiger partial charge in [-0.2, -0.15) is 0 Å². The molecule has 0 unspecified atom stereocenters. The number of methoxy groups -OCH3 is 1. The van der Waals surface area contributed by atoms with E-state index in [0.717, 1.165) is 37.5 Å². The highest BCUT2D eigenvalue weighted by molar-refractivity contribution is 7.92. The van der Waals surface area contributed by atoms with Gasteiger partial charge >= 0.3 is 0 Å². The topological polar surface area (TPSA) is 96.0 Å². The molecule has 0 aliphatic heterocycles. The average Bonchev–Trinajstić information content (AvgIpc) is 2.89. The first-order valence-electron chi connectivity index (χ1n) is 13.0. The van der Waals surface area contributed by atoms with Gasteiger partial charge in [-0.05, 0) is 62.1 Å². The van der Waals surface area contributed by atoms with Crippen molar-refractivity contribution in [1.82, 2.24) is 10.2 Å². The van der Waals surface area contributed by atoms with Crippen LogP contribution in [0.5, 0.6) is 5.75 Å². The van der Waals surface area contributed by atoms with Crippen LogP contribution in [0.3, 0.4) is 0 Å². The van der Waals surface area contributed by atoms with Crippen LogP contribution in [-0.4, -0.2) is 57.1 Å². The maximum atomic E-state index is 13.5. The maximum absolute atomic E-state index is 13.5. The fourth-order valence-corrected chi connectivity index (χ4v) is 5.86. The SMILES string of the molecule is COc1ccc(CN(C(=O)CCCN(c2cccc(Cl)c2)S(C)(=O)=O)[C@@H](C)C(=O)NC2CCCCC2)cc1. The predicted octanol–water partition coefficient (Wildman–Crippen LogP) is 4.76. The molecule has 2 aromatic carbocycles. The van der Waals surface area contributed by atoms with Gasteiger partial charge in [-0.25, -0.2) is 8.42 Å². The van der Waals surface area contributed by atoms with Gasteiger partial charge in [-0.15, -0.1) is 0 Å². The zero-order valence-corrected chi connectivity index (χ0v) is 23.9. The summed E-state index contributed by atoms with van der Waals surface area (Å²) in [5.74, 6) is 0.318. The molecule has 0 heterocycles. The Balaban J connectivity index is 1.72. The van der Waals surface area contributed by atoms with E-state index in [9.17, 15) is 18.0 Å². The Bertz CT molecular complexity index is 1180. The summed E-state index contributed by atoms with van der Waals surface area (Å²) in [6.07, 6.45) is 6.78. The number of nitrogens with zero attached hydrogens (tertiary/aromatic N) is 2. The predicted molar refractivity (Wildman–Crippen MR) is 151 cm³/mol. The van der Waals surface area contributed by atoms with Crippen LogP contribution >= 0.6 is 11.6 Å². The standard InChI is InChI=1S/C28H38ClN3O5S/c1-21(28(34)30-24-10-5-4-6-11-24)31(20-22-14-16-26(37-2)17-15-22)27(33)13-8-18-32(38(3,35)36)25-12-7-9-23(29)19-25/h7,9,12,14-17,19,21,24H,4-6,8,10-11,13,18,20H2,1-3H3,(H,30,34)/t21-/m0/s1. The number of hydrogen-bond donors (Lipinski definition) is 1. The van der Waals surface area contributed by atoms with Gasteiger partial charge in [0.15, 0.2) is 0 Å². The summed E-state index contributed by atoms with van der Waals surface area (Å²) in [4.78, 5) is 28.2. The maximum Gasteiger partial charge on any atom is 0.242 e. The van der Waals surface area contributed by atoms with E-state index in [4.69, 9.17) is 16.3 Å². The highest BCUT2D eigenvalue weighted by atomic mass is 35.5. The quantitative estimate of drug-likeness (QED) is 0.401. The van der Waals surface area contributed by atoms with Gasteiger partial charge < -0.3 is 15.0 Å². The molecule has 3 rings (SSSR count). The van der Waals surface area contributed by atoms with E-state index >= 15 is 0 Å². The van der Waals surface area contributed by atoms with E-state index in [-0.39, 0.29) is 43.8 Å². The number of benzene rings is 2. The third-order valence-corrected chi connectivity index (χ3v) is 8.31. The van der Waals surface area contributed by atoms with Gasteiger partial charge in [0.05, 0.1) is 19.1 Å². The lowest BCUT2D eigenvalue weighted by molar-refractivity contribution is -0.141. The Labute approximate surface area is 231 Å². The van der Waals surface area contributed by atoms with Crippen LogP contribution in [0.15, 0.2) is 48.5 Å². The fourth-order valence-electron chi connectivity index (χ4n) is 4.71. The lowest BCUT2D eigenvalue weighted by atomic mass is 9.95. The van der Waals surface area contributed by atoms with Gasteiger partial charge in [-0.3, -0.25) is 13.9 Å². The number of nitrogens with one attached hydrogen (secondary N) is 1. The number of carbonyl (C=O) groups excluding carboxylic acids is 2. The van der Waals surface area contributed by atoms with E-state index in [2.05, 4.69) is 5.32 Å². The monoisotopic (exact) mass is 563 g/mol. The van der Waals surface area contributed by atoms with Crippen molar-refractivity contribution in [1.29, 1.82) is 0 Å². The van der Waals surface area contributed by atoms with Crippen LogP contribution in [0, 0.1) is 0 Å². The minimum absolute atomic E-state index is 0.0871. The fraction of sp³-hybridized carbons (Fsp3) is 0.500. The molecule has 1 fully saturated rings. The molecule has 1 saturated carbocycles. The lowest BCUT2D eigenvalue weighted by Crippen LogP contribution is -2.50. The Kier molecular flexibility index (Phi) is 10.8. The minimum atomic E-state index is -3.58. The molecule has 1 aliphatic carbocycles. The van der Waals surface area contributed by atoms with Crippen molar-refractivity contribution in [2.75, 3.05) is 24.2 Å². The molecule has 0 spiro atoms. The Morgan fingerprint density at radius 2 is 1.79 bits per heavy atom. The Morgan fingerprint density at radius 1 is 1.11 bits per heavy atom. The first-order chi connectivity index (χ1) is 18.1. The molecule has 38 heavy (non-hydrogen) atoms. The lowest BCUT2D eigenvalue weighted by Gasteiger charge is -2.31. The molecule has 0 saturated heterocycles. The molecule has 1 atom stereocenters. The molecule has 2 aromatic rings. The third kappa shape index (κ3) is 8.63. The van der Waals surface area contributed by atoms with Gasteiger partial charge in [0, 0.05) is 30.6 Å². The molecule has 0 aromatic heterocycles. The normalized spacial score (nSPS) is 14.9. The molecule has 10 heteroatoms. The summed E-state index contributed by atoms with van der Waals surface area (Å²) in [6.45, 7) is 2.12. The summed E-state index contributed by atoms with van der Waals surface area (Å²) in [6, 6.07) is 13.4. The zero-order chi connectivity index (χ0) is 27.7. The molecule has 2 amide bonds. The number of rotatable bonds is 12. The number of hydrogen-bond acceptors (Lipinski definition) is 5. The summed E-state index contributed by atoms with van der Waals surface area (Å²) in [5.41, 5.74) is 1.32.